The molecule has 2 heterocycles. The molecule has 1 aliphatic carbocycles. The second-order valence-electron chi connectivity index (χ2n) is 7.40. The third-order valence-corrected chi connectivity index (χ3v) is 5.98. The molecule has 22 heavy (non-hydrogen) atoms. The molecule has 1 spiro atoms. The number of likely N-dealkylation sites (tertiary alicyclic amines) is 1. The van der Waals surface area contributed by atoms with Gasteiger partial charge >= 0.3 is 0 Å². The average Bonchev–Trinajstić information content (AvgIpc) is 2.96. The lowest BCUT2D eigenvalue weighted by molar-refractivity contribution is -0.161. The summed E-state index contributed by atoms with van der Waals surface area (Å²) in [6, 6.07) is 0. The summed E-state index contributed by atoms with van der Waals surface area (Å²) in [6.45, 7) is 3.47. The molecule has 124 valence electrons. The van der Waals surface area contributed by atoms with Gasteiger partial charge in [0.05, 0.1) is 18.7 Å². The summed E-state index contributed by atoms with van der Waals surface area (Å²) in [5, 5.41) is 11.4. The Bertz CT molecular complexity index is 450. The molecule has 3 aliphatic rings. The van der Waals surface area contributed by atoms with Gasteiger partial charge in [-0.15, -0.1) is 0 Å². The van der Waals surface area contributed by atoms with Gasteiger partial charge in [0.25, 0.3) is 0 Å². The van der Waals surface area contributed by atoms with Crippen LogP contribution in [0, 0.1) is 5.41 Å². The van der Waals surface area contributed by atoms with Gasteiger partial charge in [-0.3, -0.25) is 9.59 Å². The molecule has 1 N–H and O–H groups in total. The van der Waals surface area contributed by atoms with E-state index in [2.05, 4.69) is 11.9 Å². The van der Waals surface area contributed by atoms with Crippen molar-refractivity contribution in [2.75, 3.05) is 46.3 Å². The first-order chi connectivity index (χ1) is 10.5. The van der Waals surface area contributed by atoms with Crippen LogP contribution in [-0.4, -0.2) is 84.0 Å². The second-order valence-corrected chi connectivity index (χ2v) is 7.40. The largest absolute Gasteiger partial charge is 0.387 e. The maximum atomic E-state index is 12.3. The van der Waals surface area contributed by atoms with Crippen LogP contribution in [0.4, 0.5) is 0 Å². The van der Waals surface area contributed by atoms with E-state index in [0.29, 0.717) is 19.6 Å². The van der Waals surface area contributed by atoms with Gasteiger partial charge in [0.2, 0.25) is 12.3 Å². The molecule has 2 amide bonds. The number of piperazine rings is 1. The van der Waals surface area contributed by atoms with Crippen LogP contribution >= 0.6 is 0 Å². The molecule has 0 aromatic carbocycles. The van der Waals surface area contributed by atoms with E-state index in [9.17, 15) is 14.7 Å². The molecule has 2 aliphatic heterocycles. The highest BCUT2D eigenvalue weighted by atomic mass is 16.3. The van der Waals surface area contributed by atoms with Crippen LogP contribution in [0.5, 0.6) is 0 Å². The van der Waals surface area contributed by atoms with Crippen molar-refractivity contribution in [3.8, 4) is 0 Å². The van der Waals surface area contributed by atoms with E-state index < -0.39 is 5.60 Å². The minimum atomic E-state index is -0.783. The Morgan fingerprint density at radius 2 is 1.91 bits per heavy atom. The monoisotopic (exact) mass is 309 g/mol. The zero-order chi connectivity index (χ0) is 15.8. The highest BCUT2D eigenvalue weighted by Gasteiger charge is 2.55. The number of rotatable bonds is 3. The van der Waals surface area contributed by atoms with Gasteiger partial charge in [0.15, 0.2) is 0 Å². The Morgan fingerprint density at radius 1 is 1.18 bits per heavy atom. The topological polar surface area (TPSA) is 64.1 Å². The number of hydrogen-bond donors (Lipinski definition) is 1. The number of hydrogen-bond acceptors (Lipinski definition) is 4. The van der Waals surface area contributed by atoms with Crippen LogP contribution in [0.1, 0.15) is 32.1 Å². The molecule has 3 fully saturated rings. The summed E-state index contributed by atoms with van der Waals surface area (Å²) >= 11 is 0. The van der Waals surface area contributed by atoms with Crippen LogP contribution in [0.25, 0.3) is 0 Å². The van der Waals surface area contributed by atoms with Gasteiger partial charge in [-0.2, -0.15) is 0 Å². The first-order valence-electron chi connectivity index (χ1n) is 8.36. The number of carbonyl (C=O) groups excluding carboxylic acids is 2. The second kappa shape index (κ2) is 5.81. The maximum absolute atomic E-state index is 12.3. The summed E-state index contributed by atoms with van der Waals surface area (Å²) in [7, 11) is 2.12. The molecule has 0 aromatic heterocycles. The van der Waals surface area contributed by atoms with Crippen molar-refractivity contribution in [2.24, 2.45) is 5.41 Å². The summed E-state index contributed by atoms with van der Waals surface area (Å²) in [6.07, 6.45) is 5.90. The van der Waals surface area contributed by atoms with E-state index in [0.717, 1.165) is 38.8 Å². The van der Waals surface area contributed by atoms with E-state index in [1.165, 1.54) is 17.7 Å². The van der Waals surface area contributed by atoms with Crippen molar-refractivity contribution in [1.29, 1.82) is 0 Å². The predicted molar refractivity (Wildman–Crippen MR) is 82.2 cm³/mol. The standard InChI is InChI=1S/C16H27N3O3/c1-17-7-6-16(22,15(11-17)4-2-3-5-15)12-19-9-8-18(13-20)10-14(19)21/h13,22H,2-12H2,1H3. The Morgan fingerprint density at radius 3 is 2.55 bits per heavy atom. The Kier molecular flexibility index (Phi) is 4.16. The third kappa shape index (κ3) is 2.63. The zero-order valence-corrected chi connectivity index (χ0v) is 13.5. The van der Waals surface area contributed by atoms with Gasteiger partial charge in [-0.05, 0) is 26.3 Å². The van der Waals surface area contributed by atoms with Gasteiger partial charge in [-0.1, -0.05) is 12.8 Å². The molecule has 3 rings (SSSR count). The van der Waals surface area contributed by atoms with Gasteiger partial charge in [0, 0.05) is 31.6 Å². The summed E-state index contributed by atoms with van der Waals surface area (Å²) in [5.74, 6) is -0.0427. The van der Waals surface area contributed by atoms with Crippen molar-refractivity contribution in [2.45, 2.75) is 37.7 Å². The normalized spacial score (nSPS) is 32.7. The van der Waals surface area contributed by atoms with Crippen LogP contribution in [0.2, 0.25) is 0 Å². The Balaban J connectivity index is 1.74. The molecule has 1 atom stereocenters. The highest BCUT2D eigenvalue weighted by molar-refractivity contribution is 5.81. The molecule has 6 heteroatoms. The average molecular weight is 309 g/mol. The molecule has 6 nitrogen and oxygen atoms in total. The first-order valence-corrected chi connectivity index (χ1v) is 8.36. The third-order valence-electron chi connectivity index (χ3n) is 5.98. The lowest BCUT2D eigenvalue weighted by Gasteiger charge is -2.53. The van der Waals surface area contributed by atoms with E-state index >= 15 is 0 Å². The molecule has 1 unspecified atom stereocenters. The summed E-state index contributed by atoms with van der Waals surface area (Å²) in [5.41, 5.74) is -0.850. The number of amides is 2. The van der Waals surface area contributed by atoms with Gasteiger partial charge in [0.1, 0.15) is 0 Å². The van der Waals surface area contributed by atoms with Crippen LogP contribution in [0.15, 0.2) is 0 Å². The minimum Gasteiger partial charge on any atom is -0.387 e. The predicted octanol–water partition coefficient (Wildman–Crippen LogP) is -0.0860. The number of piperidine rings is 1. The lowest BCUT2D eigenvalue weighted by atomic mass is 9.65. The first kappa shape index (κ1) is 15.7. The fourth-order valence-corrected chi connectivity index (χ4v) is 4.61. The van der Waals surface area contributed by atoms with Crippen molar-refractivity contribution in [1.82, 2.24) is 14.7 Å². The number of β-amino-alcohol motifs (C(OH)–C–C–N with tert-alkyl or cyclic N) is 1. The van der Waals surface area contributed by atoms with E-state index in [4.69, 9.17) is 0 Å². The van der Waals surface area contributed by atoms with Crippen LogP contribution < -0.4 is 0 Å². The Hall–Kier alpha value is -1.14. The highest BCUT2D eigenvalue weighted by Crippen LogP contribution is 2.51. The fourth-order valence-electron chi connectivity index (χ4n) is 4.61. The smallest absolute Gasteiger partial charge is 0.242 e. The quantitative estimate of drug-likeness (QED) is 0.740. The van der Waals surface area contributed by atoms with Crippen molar-refractivity contribution < 1.29 is 14.7 Å². The number of nitrogens with zero attached hydrogens (tertiary/aromatic N) is 3. The summed E-state index contributed by atoms with van der Waals surface area (Å²) in [4.78, 5) is 28.6. The van der Waals surface area contributed by atoms with Crippen molar-refractivity contribution in [3.05, 3.63) is 0 Å². The molecular formula is C16H27N3O3. The SMILES string of the molecule is CN1CCC(O)(CN2CCN(C=O)CC2=O)C2(CCCC2)C1. The zero-order valence-electron chi connectivity index (χ0n) is 13.5. The molecule has 2 saturated heterocycles. The maximum Gasteiger partial charge on any atom is 0.242 e. The van der Waals surface area contributed by atoms with E-state index in [1.54, 1.807) is 4.90 Å². The van der Waals surface area contributed by atoms with Gasteiger partial charge in [-0.25, -0.2) is 0 Å². The van der Waals surface area contributed by atoms with E-state index in [-0.39, 0.29) is 17.9 Å². The molecule has 0 aromatic rings. The lowest BCUT2D eigenvalue weighted by Crippen LogP contribution is -2.64. The minimum absolute atomic E-state index is 0.0427. The van der Waals surface area contributed by atoms with E-state index in [1.807, 2.05) is 0 Å². The molecule has 1 saturated carbocycles. The molecular weight excluding hydrogens is 282 g/mol. The number of carbonyl (C=O) groups is 2. The number of aliphatic hydroxyl groups is 1. The van der Waals surface area contributed by atoms with Crippen LogP contribution in [0.3, 0.4) is 0 Å². The van der Waals surface area contributed by atoms with Crippen molar-refractivity contribution >= 4 is 12.3 Å². The van der Waals surface area contributed by atoms with Gasteiger partial charge < -0.3 is 19.8 Å². The van der Waals surface area contributed by atoms with Crippen molar-refractivity contribution in [3.63, 3.8) is 0 Å². The Labute approximate surface area is 132 Å². The summed E-state index contributed by atoms with van der Waals surface area (Å²) < 4.78 is 0. The molecule has 0 bridgehead atoms. The van der Waals surface area contributed by atoms with Crippen LogP contribution in [-0.2, 0) is 9.59 Å². The molecule has 0 radical (unpaired) electrons. The fraction of sp³-hybridized carbons (Fsp3) is 0.875.